The number of hydrogen-bond acceptors (Lipinski definition) is 4. The molecule has 0 saturated carbocycles. The van der Waals surface area contributed by atoms with Gasteiger partial charge in [0.05, 0.1) is 0 Å². The van der Waals surface area contributed by atoms with E-state index in [1.54, 1.807) is 0 Å². The Morgan fingerprint density at radius 2 is 1.73 bits per heavy atom. The number of esters is 1. The van der Waals surface area contributed by atoms with E-state index < -0.39 is 18.2 Å². The maximum atomic E-state index is 11.7. The monoisotopic (exact) mass is 227 g/mol. The molecule has 88 valence electrons. The molecule has 4 nitrogen and oxygen atoms in total. The molecule has 0 radical (unpaired) electrons. The van der Waals surface area contributed by atoms with Crippen molar-refractivity contribution >= 4 is 12.8 Å². The van der Waals surface area contributed by atoms with Gasteiger partial charge < -0.3 is 14.8 Å². The predicted molar refractivity (Wildman–Crippen MR) is 45.2 cm³/mol. The summed E-state index contributed by atoms with van der Waals surface area (Å²) < 4.78 is 39.4. The molecule has 1 N–H and O–H groups in total. The van der Waals surface area contributed by atoms with Crippen molar-refractivity contribution in [2.75, 3.05) is 13.1 Å². The van der Waals surface area contributed by atoms with Crippen molar-refractivity contribution in [2.45, 2.75) is 25.1 Å². The second-order valence-corrected chi connectivity index (χ2v) is 2.85. The molecule has 0 spiro atoms. The summed E-state index contributed by atoms with van der Waals surface area (Å²) in [7, 11) is 0. The molecule has 1 rings (SSSR count). The van der Waals surface area contributed by atoms with Crippen molar-refractivity contribution in [2.24, 2.45) is 0 Å². The zero-order chi connectivity index (χ0) is 11.9. The number of carbonyl (C=O) groups excluding carboxylic acids is 2. The van der Waals surface area contributed by atoms with E-state index >= 15 is 0 Å². The number of rotatable bonds is 1. The fraction of sp³-hybridized carbons (Fsp3) is 0.750. The molecule has 0 aliphatic carbocycles. The molecule has 0 atom stereocenters. The van der Waals surface area contributed by atoms with Gasteiger partial charge in [-0.15, -0.1) is 0 Å². The molecule has 1 saturated heterocycles. The normalized spacial score (nSPS) is 17.5. The van der Waals surface area contributed by atoms with Crippen LogP contribution in [-0.2, 0) is 14.3 Å². The molecule has 1 fully saturated rings. The lowest BCUT2D eigenvalue weighted by molar-refractivity contribution is -0.205. The van der Waals surface area contributed by atoms with Gasteiger partial charge in [0.1, 0.15) is 12.9 Å². The van der Waals surface area contributed by atoms with Gasteiger partial charge >= 0.3 is 12.1 Å². The largest absolute Gasteiger partial charge is 0.490 e. The van der Waals surface area contributed by atoms with Gasteiger partial charge in [-0.3, -0.25) is 0 Å². The summed E-state index contributed by atoms with van der Waals surface area (Å²) in [5, 5.41) is 2.95. The maximum absolute atomic E-state index is 11.7. The molecule has 0 bridgehead atoms. The molecule has 0 unspecified atom stereocenters. The lowest BCUT2D eigenvalue weighted by Gasteiger charge is -2.22. The number of ether oxygens (including phenoxy) is 1. The first-order valence-electron chi connectivity index (χ1n) is 4.27. The summed E-state index contributed by atoms with van der Waals surface area (Å²) in [6, 6.07) is 0. The molecule has 7 heteroatoms. The Balaban J connectivity index is 0.000000921. The summed E-state index contributed by atoms with van der Waals surface area (Å²) in [6.45, 7) is 3.19. The summed E-state index contributed by atoms with van der Waals surface area (Å²) in [5.41, 5.74) is 0. The van der Waals surface area contributed by atoms with Crippen LogP contribution in [-0.4, -0.2) is 38.1 Å². The Morgan fingerprint density at radius 3 is 2.13 bits per heavy atom. The Hall–Kier alpha value is -1.11. The molecule has 0 amide bonds. The van der Waals surface area contributed by atoms with E-state index in [1.807, 2.05) is 6.79 Å². The third-order valence-corrected chi connectivity index (χ3v) is 1.79. The van der Waals surface area contributed by atoms with Gasteiger partial charge in [-0.05, 0) is 25.9 Å². The van der Waals surface area contributed by atoms with Crippen LogP contribution in [0.3, 0.4) is 0 Å². The number of carbonyl (C=O) groups is 2. The second-order valence-electron chi connectivity index (χ2n) is 2.85. The first-order valence-corrected chi connectivity index (χ1v) is 4.27. The summed E-state index contributed by atoms with van der Waals surface area (Å²) in [5.74, 6) is -2.08. The highest BCUT2D eigenvalue weighted by Gasteiger charge is 2.42. The van der Waals surface area contributed by atoms with Crippen LogP contribution < -0.4 is 5.32 Å². The fourth-order valence-corrected chi connectivity index (χ4v) is 1.13. The van der Waals surface area contributed by atoms with E-state index in [0.717, 1.165) is 0 Å². The van der Waals surface area contributed by atoms with Gasteiger partial charge in [-0.2, -0.15) is 13.2 Å². The number of alkyl halides is 3. The van der Waals surface area contributed by atoms with E-state index in [4.69, 9.17) is 4.79 Å². The quantitative estimate of drug-likeness (QED) is 0.668. The zero-order valence-corrected chi connectivity index (χ0v) is 7.97. The van der Waals surface area contributed by atoms with Crippen LogP contribution in [0.25, 0.3) is 0 Å². The first-order chi connectivity index (χ1) is 7.00. The van der Waals surface area contributed by atoms with Gasteiger partial charge in [0.15, 0.2) is 0 Å². The van der Waals surface area contributed by atoms with Crippen LogP contribution in [0.2, 0.25) is 0 Å². The minimum absolute atomic E-state index is 0.446. The highest BCUT2D eigenvalue weighted by atomic mass is 19.4. The Kier molecular flexibility index (Phi) is 5.92. The number of nitrogens with one attached hydrogen (secondary N) is 1. The minimum atomic E-state index is -4.87. The third-order valence-electron chi connectivity index (χ3n) is 1.79. The van der Waals surface area contributed by atoms with Crippen LogP contribution in [0, 0.1) is 0 Å². The zero-order valence-electron chi connectivity index (χ0n) is 7.97. The van der Waals surface area contributed by atoms with Crippen LogP contribution in [0.1, 0.15) is 12.8 Å². The molecule has 0 aromatic rings. The van der Waals surface area contributed by atoms with E-state index in [9.17, 15) is 18.0 Å². The Morgan fingerprint density at radius 1 is 1.27 bits per heavy atom. The number of hydrogen-bond donors (Lipinski definition) is 1. The molecule has 15 heavy (non-hydrogen) atoms. The van der Waals surface area contributed by atoms with Gasteiger partial charge in [0, 0.05) is 0 Å². The van der Waals surface area contributed by atoms with Crippen molar-refractivity contribution in [1.29, 1.82) is 0 Å². The van der Waals surface area contributed by atoms with Gasteiger partial charge in [-0.25, -0.2) is 4.79 Å². The SMILES string of the molecule is C=O.O=C(OC1CCNCC1)C(F)(F)F. The van der Waals surface area contributed by atoms with Gasteiger partial charge in [-0.1, -0.05) is 0 Å². The van der Waals surface area contributed by atoms with Crippen molar-refractivity contribution in [3.63, 3.8) is 0 Å². The lowest BCUT2D eigenvalue weighted by atomic mass is 10.1. The summed E-state index contributed by atoms with van der Waals surface area (Å²) in [6.07, 6.45) is -4.57. The van der Waals surface area contributed by atoms with Crippen molar-refractivity contribution in [3.05, 3.63) is 0 Å². The topological polar surface area (TPSA) is 55.4 Å². The highest BCUT2D eigenvalue weighted by molar-refractivity contribution is 5.75. The lowest BCUT2D eigenvalue weighted by Crippen LogP contribution is -2.37. The predicted octanol–water partition coefficient (Wildman–Crippen LogP) is 0.659. The van der Waals surface area contributed by atoms with Crippen molar-refractivity contribution < 1.29 is 27.5 Å². The molecule has 1 heterocycles. The van der Waals surface area contributed by atoms with Gasteiger partial charge in [0.2, 0.25) is 0 Å². The van der Waals surface area contributed by atoms with Crippen molar-refractivity contribution in [3.8, 4) is 0 Å². The smallest absolute Gasteiger partial charge is 0.456 e. The Labute approximate surface area is 84.8 Å². The molecule has 1 aliphatic heterocycles. The minimum Gasteiger partial charge on any atom is -0.456 e. The van der Waals surface area contributed by atoms with Crippen LogP contribution >= 0.6 is 0 Å². The first kappa shape index (κ1) is 13.9. The maximum Gasteiger partial charge on any atom is 0.490 e. The standard InChI is InChI=1S/C7H10F3NO2.CH2O/c8-7(9,10)6(12)13-5-1-3-11-4-2-5;1-2/h5,11H,1-4H2;1H2. The van der Waals surface area contributed by atoms with E-state index in [2.05, 4.69) is 10.1 Å². The number of halogens is 3. The van der Waals surface area contributed by atoms with Crippen LogP contribution in [0.15, 0.2) is 0 Å². The molecular weight excluding hydrogens is 215 g/mol. The fourth-order valence-electron chi connectivity index (χ4n) is 1.13. The summed E-state index contributed by atoms with van der Waals surface area (Å²) in [4.78, 5) is 18.4. The molecule has 0 aromatic carbocycles. The molecule has 0 aromatic heterocycles. The third kappa shape index (κ3) is 5.36. The Bertz CT molecular complexity index is 202. The van der Waals surface area contributed by atoms with Crippen LogP contribution in [0.4, 0.5) is 13.2 Å². The van der Waals surface area contributed by atoms with Gasteiger partial charge in [0.25, 0.3) is 0 Å². The van der Waals surface area contributed by atoms with Crippen molar-refractivity contribution in [1.82, 2.24) is 5.32 Å². The van der Waals surface area contributed by atoms with E-state index in [1.165, 1.54) is 0 Å². The van der Waals surface area contributed by atoms with Crippen LogP contribution in [0.5, 0.6) is 0 Å². The molecule has 1 aliphatic rings. The highest BCUT2D eigenvalue weighted by Crippen LogP contribution is 2.19. The van der Waals surface area contributed by atoms with E-state index in [-0.39, 0.29) is 0 Å². The average molecular weight is 227 g/mol. The average Bonchev–Trinajstić information content (AvgIpc) is 2.21. The van der Waals surface area contributed by atoms with E-state index in [0.29, 0.717) is 25.9 Å². The molecular formula is C8H12F3NO3. The second kappa shape index (κ2) is 6.39. The number of piperidine rings is 1. The summed E-state index contributed by atoms with van der Waals surface area (Å²) >= 11 is 0.